The molecule has 0 saturated carbocycles. The normalized spacial score (nSPS) is 11.4. The number of hydrogen-bond donors (Lipinski definition) is 1. The Kier molecular flexibility index (Phi) is 2.84. The zero-order valence-electron chi connectivity index (χ0n) is 6.73. The lowest BCUT2D eigenvalue weighted by Crippen LogP contribution is -2.19. The highest BCUT2D eigenvalue weighted by molar-refractivity contribution is 9.10. The molecule has 0 saturated heterocycles. The molecule has 6 heteroatoms. The fourth-order valence-corrected chi connectivity index (χ4v) is 1.57. The molecule has 76 valence electrons. The number of hydrogen-bond acceptors (Lipinski definition) is 1. The third-order valence-corrected chi connectivity index (χ3v) is 2.23. The third kappa shape index (κ3) is 2.06. The number of benzene rings is 1. The van der Waals surface area contributed by atoms with Gasteiger partial charge in [0.1, 0.15) is 0 Å². The fraction of sp³-hybridized carbons (Fsp3) is 0.125. The second-order valence-corrected chi connectivity index (χ2v) is 3.38. The molecule has 0 bridgehead atoms. The predicted molar refractivity (Wildman–Crippen MR) is 47.7 cm³/mol. The molecule has 1 aromatic rings. The highest BCUT2D eigenvalue weighted by Crippen LogP contribution is 2.34. The van der Waals surface area contributed by atoms with E-state index in [2.05, 4.69) is 15.9 Å². The van der Waals surface area contributed by atoms with Crippen LogP contribution in [0.5, 0.6) is 0 Å². The van der Waals surface area contributed by atoms with Crippen LogP contribution in [-0.4, -0.2) is 5.91 Å². The molecule has 0 unspecified atom stereocenters. The highest BCUT2D eigenvalue weighted by Gasteiger charge is 2.35. The van der Waals surface area contributed by atoms with Gasteiger partial charge in [-0.05, 0) is 28.1 Å². The van der Waals surface area contributed by atoms with Crippen LogP contribution in [0.3, 0.4) is 0 Å². The van der Waals surface area contributed by atoms with Crippen LogP contribution < -0.4 is 5.73 Å². The van der Waals surface area contributed by atoms with Crippen molar-refractivity contribution in [3.05, 3.63) is 33.8 Å². The first-order valence-corrected chi connectivity index (χ1v) is 4.29. The Hall–Kier alpha value is -1.04. The summed E-state index contributed by atoms with van der Waals surface area (Å²) in [6.07, 6.45) is -4.58. The molecule has 0 atom stereocenters. The van der Waals surface area contributed by atoms with Crippen molar-refractivity contribution in [1.82, 2.24) is 0 Å². The van der Waals surface area contributed by atoms with Crippen LogP contribution >= 0.6 is 15.9 Å². The van der Waals surface area contributed by atoms with Gasteiger partial charge in [-0.25, -0.2) is 0 Å². The number of halogens is 4. The van der Waals surface area contributed by atoms with Crippen molar-refractivity contribution in [2.45, 2.75) is 6.18 Å². The van der Waals surface area contributed by atoms with Crippen LogP contribution in [0.25, 0.3) is 0 Å². The SMILES string of the molecule is NC(=O)c1c(Br)cccc1C(F)(F)F. The lowest BCUT2D eigenvalue weighted by molar-refractivity contribution is -0.138. The summed E-state index contributed by atoms with van der Waals surface area (Å²) in [5.74, 6) is -1.11. The maximum absolute atomic E-state index is 12.4. The molecule has 1 amide bonds. The van der Waals surface area contributed by atoms with Crippen molar-refractivity contribution >= 4 is 21.8 Å². The number of primary amides is 1. The van der Waals surface area contributed by atoms with Gasteiger partial charge in [-0.3, -0.25) is 4.79 Å². The summed E-state index contributed by atoms with van der Waals surface area (Å²) < 4.78 is 37.1. The van der Waals surface area contributed by atoms with E-state index in [1.807, 2.05) is 0 Å². The van der Waals surface area contributed by atoms with Crippen LogP contribution in [0.4, 0.5) is 13.2 Å². The predicted octanol–water partition coefficient (Wildman–Crippen LogP) is 2.57. The van der Waals surface area contributed by atoms with Gasteiger partial charge in [0.25, 0.3) is 0 Å². The second-order valence-electron chi connectivity index (χ2n) is 2.52. The summed E-state index contributed by atoms with van der Waals surface area (Å²) in [5.41, 5.74) is 3.27. The minimum atomic E-state index is -4.58. The molecule has 0 aromatic heterocycles. The van der Waals surface area contributed by atoms with E-state index in [-0.39, 0.29) is 4.47 Å². The Balaban J connectivity index is 3.44. The van der Waals surface area contributed by atoms with Gasteiger partial charge in [-0.15, -0.1) is 0 Å². The Labute approximate surface area is 86.0 Å². The van der Waals surface area contributed by atoms with Gasteiger partial charge in [-0.2, -0.15) is 13.2 Å². The third-order valence-electron chi connectivity index (χ3n) is 1.57. The van der Waals surface area contributed by atoms with Crippen LogP contribution in [0.15, 0.2) is 22.7 Å². The largest absolute Gasteiger partial charge is 0.417 e. The number of amides is 1. The Bertz CT molecular complexity index is 375. The minimum Gasteiger partial charge on any atom is -0.366 e. The highest BCUT2D eigenvalue weighted by atomic mass is 79.9. The molecular weight excluding hydrogens is 263 g/mol. The van der Waals surface area contributed by atoms with Crippen molar-refractivity contribution in [3.8, 4) is 0 Å². The molecule has 0 spiro atoms. The van der Waals surface area contributed by atoms with Gasteiger partial charge in [0.15, 0.2) is 0 Å². The topological polar surface area (TPSA) is 43.1 Å². The Morgan fingerprint density at radius 2 is 1.93 bits per heavy atom. The monoisotopic (exact) mass is 267 g/mol. The van der Waals surface area contributed by atoms with Crippen LogP contribution in [0, 0.1) is 0 Å². The van der Waals surface area contributed by atoms with Gasteiger partial charge in [-0.1, -0.05) is 6.07 Å². The van der Waals surface area contributed by atoms with Crippen LogP contribution in [0.2, 0.25) is 0 Å². The first-order valence-electron chi connectivity index (χ1n) is 3.49. The van der Waals surface area contributed by atoms with Crippen molar-refractivity contribution in [3.63, 3.8) is 0 Å². The smallest absolute Gasteiger partial charge is 0.366 e. The summed E-state index contributed by atoms with van der Waals surface area (Å²) in [7, 11) is 0. The van der Waals surface area contributed by atoms with E-state index in [0.717, 1.165) is 6.07 Å². The van der Waals surface area contributed by atoms with Gasteiger partial charge >= 0.3 is 6.18 Å². The van der Waals surface area contributed by atoms with Gasteiger partial charge in [0, 0.05) is 4.47 Å². The van der Waals surface area contributed by atoms with E-state index >= 15 is 0 Å². The maximum atomic E-state index is 12.4. The van der Waals surface area contributed by atoms with E-state index in [9.17, 15) is 18.0 Å². The molecule has 0 fully saturated rings. The molecule has 14 heavy (non-hydrogen) atoms. The maximum Gasteiger partial charge on any atom is 0.417 e. The van der Waals surface area contributed by atoms with Crippen LogP contribution in [-0.2, 0) is 6.18 Å². The lowest BCUT2D eigenvalue weighted by atomic mass is 10.1. The molecule has 1 rings (SSSR count). The molecule has 2 nitrogen and oxygen atoms in total. The molecule has 1 aromatic carbocycles. The zero-order chi connectivity index (χ0) is 10.9. The molecular formula is C8H5BrF3NO. The molecule has 0 aliphatic rings. The quantitative estimate of drug-likeness (QED) is 0.835. The number of carbonyl (C=O) groups excluding carboxylic acids is 1. The molecule has 0 aliphatic carbocycles. The van der Waals surface area contributed by atoms with Gasteiger partial charge in [0.2, 0.25) is 5.91 Å². The zero-order valence-corrected chi connectivity index (χ0v) is 8.32. The summed E-state index contributed by atoms with van der Waals surface area (Å²) in [4.78, 5) is 10.8. The van der Waals surface area contributed by atoms with E-state index in [4.69, 9.17) is 5.73 Å². The fourth-order valence-electron chi connectivity index (χ4n) is 1.01. The Morgan fingerprint density at radius 1 is 1.36 bits per heavy atom. The first kappa shape index (κ1) is 11.0. The van der Waals surface area contributed by atoms with Gasteiger partial charge in [0.05, 0.1) is 11.1 Å². The summed E-state index contributed by atoms with van der Waals surface area (Å²) in [5, 5.41) is 0. The lowest BCUT2D eigenvalue weighted by Gasteiger charge is -2.11. The number of rotatable bonds is 1. The summed E-state index contributed by atoms with van der Waals surface area (Å²) >= 11 is 2.84. The van der Waals surface area contributed by atoms with Gasteiger partial charge < -0.3 is 5.73 Å². The van der Waals surface area contributed by atoms with E-state index in [0.29, 0.717) is 0 Å². The number of nitrogens with two attached hydrogens (primary N) is 1. The first-order chi connectivity index (χ1) is 6.34. The molecule has 2 N–H and O–H groups in total. The molecule has 0 radical (unpaired) electrons. The standard InChI is InChI=1S/C8H5BrF3NO/c9-5-3-1-2-4(8(10,11)12)6(5)7(13)14/h1-3H,(H2,13,14). The second kappa shape index (κ2) is 3.61. The van der Waals surface area contributed by atoms with E-state index in [1.165, 1.54) is 12.1 Å². The van der Waals surface area contributed by atoms with Crippen molar-refractivity contribution in [1.29, 1.82) is 0 Å². The van der Waals surface area contributed by atoms with Crippen molar-refractivity contribution in [2.24, 2.45) is 5.73 Å². The average molecular weight is 268 g/mol. The van der Waals surface area contributed by atoms with Crippen LogP contribution in [0.1, 0.15) is 15.9 Å². The number of carbonyl (C=O) groups is 1. The number of alkyl halides is 3. The van der Waals surface area contributed by atoms with E-state index in [1.54, 1.807) is 0 Å². The van der Waals surface area contributed by atoms with Crippen molar-refractivity contribution < 1.29 is 18.0 Å². The van der Waals surface area contributed by atoms with E-state index < -0.39 is 23.2 Å². The molecule has 0 aliphatic heterocycles. The average Bonchev–Trinajstić information content (AvgIpc) is 2.01. The summed E-state index contributed by atoms with van der Waals surface area (Å²) in [6.45, 7) is 0. The minimum absolute atomic E-state index is 0.0415. The van der Waals surface area contributed by atoms with Crippen molar-refractivity contribution in [2.75, 3.05) is 0 Å². The molecule has 0 heterocycles. The Morgan fingerprint density at radius 3 is 2.29 bits per heavy atom. The summed E-state index contributed by atoms with van der Waals surface area (Å²) in [6, 6.07) is 3.33.